The summed E-state index contributed by atoms with van der Waals surface area (Å²) in [6.45, 7) is 0. The minimum Gasteiger partial charge on any atom is -0.496 e. The van der Waals surface area contributed by atoms with E-state index >= 15 is 0 Å². The maximum Gasteiger partial charge on any atom is 0.230 e. The van der Waals surface area contributed by atoms with Crippen molar-refractivity contribution in [2.45, 2.75) is 0 Å². The van der Waals surface area contributed by atoms with Crippen LogP contribution in [0.5, 0.6) is 5.75 Å². The van der Waals surface area contributed by atoms with E-state index in [1.807, 2.05) is 0 Å². The fourth-order valence-corrected chi connectivity index (χ4v) is 3.06. The molecule has 0 aliphatic heterocycles. The van der Waals surface area contributed by atoms with Crippen molar-refractivity contribution in [1.82, 2.24) is 15.0 Å². The first-order valence-corrected chi connectivity index (χ1v) is 9.99. The third kappa shape index (κ3) is 5.05. The molecule has 0 unspecified atom stereocenters. The van der Waals surface area contributed by atoms with Crippen molar-refractivity contribution in [3.05, 3.63) is 53.8 Å². The molecule has 3 rings (SSSR count). The van der Waals surface area contributed by atoms with E-state index in [0.29, 0.717) is 39.5 Å². The highest BCUT2D eigenvalue weighted by atomic mass is 35.5. The Hall–Kier alpha value is -2.91. The zero-order chi connectivity index (χ0) is 19.4. The topological polar surface area (TPSA) is 106 Å². The summed E-state index contributed by atoms with van der Waals surface area (Å²) in [6.07, 6.45) is 2.46. The highest BCUT2D eigenvalue weighted by Gasteiger charge is 2.11. The molecule has 0 fully saturated rings. The first-order chi connectivity index (χ1) is 12.8. The summed E-state index contributed by atoms with van der Waals surface area (Å²) in [5, 5.41) is 3.57. The van der Waals surface area contributed by atoms with Crippen LogP contribution in [-0.4, -0.2) is 36.7 Å². The molecular formula is C17H16ClN5O3S. The van der Waals surface area contributed by atoms with Crippen molar-refractivity contribution < 1.29 is 13.2 Å². The van der Waals surface area contributed by atoms with Gasteiger partial charge in [0.05, 0.1) is 24.6 Å². The van der Waals surface area contributed by atoms with Gasteiger partial charge in [-0.25, -0.2) is 18.4 Å². The molecule has 1 aromatic heterocycles. The lowest BCUT2D eigenvalue weighted by Crippen LogP contribution is -2.09. The van der Waals surface area contributed by atoms with Gasteiger partial charge in [-0.2, -0.15) is 4.98 Å². The smallest absolute Gasteiger partial charge is 0.230 e. The van der Waals surface area contributed by atoms with Crippen LogP contribution in [0.3, 0.4) is 0 Å². The molecule has 10 heteroatoms. The van der Waals surface area contributed by atoms with Crippen LogP contribution in [0.2, 0.25) is 5.02 Å². The van der Waals surface area contributed by atoms with E-state index in [1.54, 1.807) is 42.5 Å². The Balaban J connectivity index is 1.88. The van der Waals surface area contributed by atoms with Gasteiger partial charge in [0.25, 0.3) is 0 Å². The van der Waals surface area contributed by atoms with E-state index in [4.69, 9.17) is 16.3 Å². The summed E-state index contributed by atoms with van der Waals surface area (Å²) in [5.41, 5.74) is 1.71. The van der Waals surface area contributed by atoms with Gasteiger partial charge in [0, 0.05) is 10.7 Å². The summed E-state index contributed by atoms with van der Waals surface area (Å²) >= 11 is 5.99. The quantitative estimate of drug-likeness (QED) is 0.647. The third-order valence-corrected chi connectivity index (χ3v) is 4.24. The molecule has 2 aromatic carbocycles. The number of nitrogens with one attached hydrogen (secondary N) is 2. The van der Waals surface area contributed by atoms with Gasteiger partial charge in [-0.05, 0) is 36.4 Å². The van der Waals surface area contributed by atoms with Crippen molar-refractivity contribution in [1.29, 1.82) is 0 Å². The van der Waals surface area contributed by atoms with Crippen LogP contribution in [0.4, 0.5) is 17.3 Å². The van der Waals surface area contributed by atoms with Crippen LogP contribution < -0.4 is 14.8 Å². The highest BCUT2D eigenvalue weighted by molar-refractivity contribution is 7.92. The molecule has 27 heavy (non-hydrogen) atoms. The summed E-state index contributed by atoms with van der Waals surface area (Å²) in [4.78, 5) is 12.7. The highest BCUT2D eigenvalue weighted by Crippen LogP contribution is 2.30. The third-order valence-electron chi connectivity index (χ3n) is 3.40. The lowest BCUT2D eigenvalue weighted by Gasteiger charge is -2.10. The minimum atomic E-state index is -3.36. The molecule has 3 aromatic rings. The number of benzene rings is 2. The van der Waals surface area contributed by atoms with Crippen molar-refractivity contribution in [3.8, 4) is 17.1 Å². The molecular weight excluding hydrogens is 390 g/mol. The molecule has 0 radical (unpaired) electrons. The minimum absolute atomic E-state index is 0.300. The van der Waals surface area contributed by atoms with Crippen molar-refractivity contribution in [3.63, 3.8) is 0 Å². The average molecular weight is 406 g/mol. The van der Waals surface area contributed by atoms with Gasteiger partial charge in [0.1, 0.15) is 12.1 Å². The zero-order valence-corrected chi connectivity index (χ0v) is 16.0. The summed E-state index contributed by atoms with van der Waals surface area (Å²) in [7, 11) is -1.83. The molecule has 0 spiro atoms. The number of methoxy groups -OCH3 is 1. The number of halogens is 1. The van der Waals surface area contributed by atoms with Crippen LogP contribution in [0, 0.1) is 0 Å². The molecule has 0 saturated heterocycles. The monoisotopic (exact) mass is 405 g/mol. The number of anilines is 3. The average Bonchev–Trinajstić information content (AvgIpc) is 2.60. The predicted molar refractivity (Wildman–Crippen MR) is 105 cm³/mol. The fraction of sp³-hybridized carbons (Fsp3) is 0.118. The number of nitrogens with zero attached hydrogens (tertiary/aromatic N) is 3. The summed E-state index contributed by atoms with van der Waals surface area (Å²) < 4.78 is 30.5. The van der Waals surface area contributed by atoms with Crippen molar-refractivity contribution in [2.24, 2.45) is 0 Å². The van der Waals surface area contributed by atoms with E-state index in [9.17, 15) is 8.42 Å². The largest absolute Gasteiger partial charge is 0.496 e. The number of sulfonamides is 1. The predicted octanol–water partition coefficient (Wildman–Crippen LogP) is 3.32. The van der Waals surface area contributed by atoms with E-state index in [1.165, 1.54) is 13.4 Å². The number of aromatic nitrogens is 3. The van der Waals surface area contributed by atoms with Crippen molar-refractivity contribution in [2.75, 3.05) is 23.4 Å². The van der Waals surface area contributed by atoms with Gasteiger partial charge in [-0.3, -0.25) is 4.72 Å². The maximum absolute atomic E-state index is 11.4. The van der Waals surface area contributed by atoms with Crippen LogP contribution in [-0.2, 0) is 10.0 Å². The molecule has 2 N–H and O–H groups in total. The second-order valence-corrected chi connectivity index (χ2v) is 7.74. The van der Waals surface area contributed by atoms with Crippen molar-refractivity contribution >= 4 is 38.9 Å². The molecule has 1 heterocycles. The van der Waals surface area contributed by atoms with Gasteiger partial charge in [-0.1, -0.05) is 17.7 Å². The number of rotatable bonds is 6. The Kier molecular flexibility index (Phi) is 5.43. The summed E-state index contributed by atoms with van der Waals surface area (Å²) in [5.74, 6) is 1.25. The number of hydrogen-bond acceptors (Lipinski definition) is 7. The Bertz CT molecular complexity index is 1080. The Labute approximate surface area is 161 Å². The number of ether oxygens (including phenoxy) is 1. The van der Waals surface area contributed by atoms with E-state index < -0.39 is 10.0 Å². The molecule has 0 aliphatic rings. The standard InChI is InChI=1S/C17H16ClN5O3S/c1-26-15-8-11(18)6-7-14(15)16-19-10-20-17(22-16)21-12-4-3-5-13(9-12)23-27(2,24)25/h3-10,23H,1-2H3,(H,19,20,21,22). The fourth-order valence-electron chi connectivity index (χ4n) is 2.34. The Morgan fingerprint density at radius 2 is 1.85 bits per heavy atom. The molecule has 8 nitrogen and oxygen atoms in total. The zero-order valence-electron chi connectivity index (χ0n) is 14.5. The van der Waals surface area contributed by atoms with Gasteiger partial charge >= 0.3 is 0 Å². The normalized spacial score (nSPS) is 11.1. The van der Waals surface area contributed by atoms with E-state index in [-0.39, 0.29) is 0 Å². The lowest BCUT2D eigenvalue weighted by molar-refractivity contribution is 0.416. The van der Waals surface area contributed by atoms with Gasteiger partial charge < -0.3 is 10.1 Å². The maximum atomic E-state index is 11.4. The van der Waals surface area contributed by atoms with Gasteiger partial charge in [0.2, 0.25) is 16.0 Å². The molecule has 0 bridgehead atoms. The molecule has 0 atom stereocenters. The van der Waals surface area contributed by atoms with E-state index in [2.05, 4.69) is 25.0 Å². The van der Waals surface area contributed by atoms with Gasteiger partial charge in [-0.15, -0.1) is 0 Å². The molecule has 0 amide bonds. The Morgan fingerprint density at radius 3 is 2.59 bits per heavy atom. The van der Waals surface area contributed by atoms with Crippen LogP contribution >= 0.6 is 11.6 Å². The first kappa shape index (κ1) is 18.9. The second-order valence-electron chi connectivity index (χ2n) is 5.56. The number of hydrogen-bond donors (Lipinski definition) is 2. The SMILES string of the molecule is COc1cc(Cl)ccc1-c1ncnc(Nc2cccc(NS(C)(=O)=O)c2)n1. The molecule has 140 valence electrons. The first-order valence-electron chi connectivity index (χ1n) is 7.72. The molecule has 0 saturated carbocycles. The Morgan fingerprint density at radius 1 is 1.07 bits per heavy atom. The lowest BCUT2D eigenvalue weighted by atomic mass is 10.2. The van der Waals surface area contributed by atoms with Crippen LogP contribution in [0.1, 0.15) is 0 Å². The van der Waals surface area contributed by atoms with E-state index in [0.717, 1.165) is 6.26 Å². The second kappa shape index (κ2) is 7.77. The summed E-state index contributed by atoms with van der Waals surface area (Å²) in [6, 6.07) is 11.9. The van der Waals surface area contributed by atoms with Crippen LogP contribution in [0.15, 0.2) is 48.8 Å². The van der Waals surface area contributed by atoms with Gasteiger partial charge in [0.15, 0.2) is 5.82 Å². The van der Waals surface area contributed by atoms with Crippen LogP contribution in [0.25, 0.3) is 11.4 Å². The molecule has 0 aliphatic carbocycles.